The van der Waals surface area contributed by atoms with Gasteiger partial charge < -0.3 is 10.5 Å². The van der Waals surface area contributed by atoms with Gasteiger partial charge in [0.05, 0.1) is 12.6 Å². The van der Waals surface area contributed by atoms with Gasteiger partial charge in [0.2, 0.25) is 0 Å². The summed E-state index contributed by atoms with van der Waals surface area (Å²) in [7, 11) is 0. The van der Waals surface area contributed by atoms with Crippen LogP contribution in [0.1, 0.15) is 12.1 Å². The Bertz CT molecular complexity index is 381. The van der Waals surface area contributed by atoms with Crippen molar-refractivity contribution in [3.63, 3.8) is 0 Å². The Hall–Kier alpha value is -1.60. The molecule has 66 valence electrons. The molecule has 0 amide bonds. The van der Waals surface area contributed by atoms with E-state index < -0.39 is 0 Å². The first-order valence-electron chi connectivity index (χ1n) is 3.44. The van der Waals surface area contributed by atoms with Crippen LogP contribution in [0.15, 0.2) is 6.20 Å². The molecule has 0 aliphatic carbocycles. The van der Waals surface area contributed by atoms with Gasteiger partial charge in [-0.25, -0.2) is 9.97 Å². The summed E-state index contributed by atoms with van der Waals surface area (Å²) >= 11 is 5.59. The fourth-order valence-electron chi connectivity index (χ4n) is 0.619. The van der Waals surface area contributed by atoms with E-state index in [2.05, 4.69) is 21.8 Å². The molecule has 0 saturated carbocycles. The molecular formula is C8H6ClN3O. The van der Waals surface area contributed by atoms with E-state index in [1.54, 1.807) is 0 Å². The van der Waals surface area contributed by atoms with Crippen molar-refractivity contribution < 1.29 is 4.79 Å². The van der Waals surface area contributed by atoms with Gasteiger partial charge in [0, 0.05) is 0 Å². The molecule has 0 radical (unpaired) electrons. The van der Waals surface area contributed by atoms with E-state index in [-0.39, 0.29) is 17.4 Å². The van der Waals surface area contributed by atoms with Gasteiger partial charge in [-0.3, -0.25) is 0 Å². The van der Waals surface area contributed by atoms with Crippen molar-refractivity contribution in [2.75, 3.05) is 5.73 Å². The van der Waals surface area contributed by atoms with E-state index in [0.29, 0.717) is 12.0 Å². The topological polar surface area (TPSA) is 68.9 Å². The molecule has 0 fully saturated rings. The Morgan fingerprint density at radius 2 is 2.46 bits per heavy atom. The van der Waals surface area contributed by atoms with Crippen molar-refractivity contribution in [2.45, 2.75) is 6.42 Å². The van der Waals surface area contributed by atoms with Gasteiger partial charge in [0.15, 0.2) is 11.0 Å². The molecule has 0 saturated heterocycles. The predicted molar refractivity (Wildman–Crippen MR) is 49.0 cm³/mol. The molecule has 2 N–H and O–H groups in total. The largest absolute Gasteiger partial charge is 0.381 e. The smallest absolute Gasteiger partial charge is 0.172 e. The number of aldehydes is 1. The first-order valence-corrected chi connectivity index (χ1v) is 3.82. The Kier molecular flexibility index (Phi) is 3.23. The van der Waals surface area contributed by atoms with Crippen molar-refractivity contribution in [2.24, 2.45) is 0 Å². The standard InChI is InChI=1S/C8H6ClN3O/c9-7-8(10)11-5-6(12-7)3-1-2-4-13/h4-5H,2H2,(H2,10,11). The minimum Gasteiger partial charge on any atom is -0.381 e. The molecule has 5 heteroatoms. The number of nitrogens with two attached hydrogens (primary N) is 1. The number of rotatable bonds is 1. The normalized spacial score (nSPS) is 8.69. The highest BCUT2D eigenvalue weighted by molar-refractivity contribution is 6.31. The van der Waals surface area contributed by atoms with Crippen LogP contribution in [-0.2, 0) is 4.79 Å². The summed E-state index contributed by atoms with van der Waals surface area (Å²) in [5.41, 5.74) is 5.74. The Balaban J connectivity index is 2.87. The number of hydrogen-bond acceptors (Lipinski definition) is 4. The molecule has 0 aromatic carbocycles. The van der Waals surface area contributed by atoms with Crippen LogP contribution in [0.5, 0.6) is 0 Å². The van der Waals surface area contributed by atoms with Gasteiger partial charge in [0.1, 0.15) is 12.0 Å². The Morgan fingerprint density at radius 1 is 1.69 bits per heavy atom. The lowest BCUT2D eigenvalue weighted by Crippen LogP contribution is -1.95. The molecule has 0 spiro atoms. The van der Waals surface area contributed by atoms with Crippen LogP contribution in [0.4, 0.5) is 5.82 Å². The number of aromatic nitrogens is 2. The van der Waals surface area contributed by atoms with Gasteiger partial charge >= 0.3 is 0 Å². The van der Waals surface area contributed by atoms with E-state index in [1.807, 2.05) is 0 Å². The summed E-state index contributed by atoms with van der Waals surface area (Å²) in [6.45, 7) is 0. The van der Waals surface area contributed by atoms with Gasteiger partial charge in [-0.15, -0.1) is 0 Å². The third-order valence-corrected chi connectivity index (χ3v) is 1.44. The highest BCUT2D eigenvalue weighted by atomic mass is 35.5. The highest BCUT2D eigenvalue weighted by Crippen LogP contribution is 2.10. The molecule has 0 bridgehead atoms. The van der Waals surface area contributed by atoms with Crippen LogP contribution in [0, 0.1) is 11.8 Å². The summed E-state index contributed by atoms with van der Waals surface area (Å²) in [5.74, 6) is 5.37. The molecule has 13 heavy (non-hydrogen) atoms. The van der Waals surface area contributed by atoms with Gasteiger partial charge in [0.25, 0.3) is 0 Å². The quantitative estimate of drug-likeness (QED) is 0.528. The number of nitrogens with zero attached hydrogens (tertiary/aromatic N) is 2. The lowest BCUT2D eigenvalue weighted by molar-refractivity contribution is -0.107. The van der Waals surface area contributed by atoms with Gasteiger partial charge in [-0.05, 0) is 5.92 Å². The molecule has 0 atom stereocenters. The van der Waals surface area contributed by atoms with E-state index >= 15 is 0 Å². The van der Waals surface area contributed by atoms with Gasteiger partial charge in [-0.2, -0.15) is 0 Å². The van der Waals surface area contributed by atoms with Crippen LogP contribution in [0.2, 0.25) is 5.15 Å². The van der Waals surface area contributed by atoms with Crippen LogP contribution >= 0.6 is 11.6 Å². The van der Waals surface area contributed by atoms with Crippen molar-refractivity contribution in [1.29, 1.82) is 0 Å². The summed E-state index contributed by atoms with van der Waals surface area (Å²) in [4.78, 5) is 17.5. The number of hydrogen-bond donors (Lipinski definition) is 1. The lowest BCUT2D eigenvalue weighted by atomic mass is 10.4. The number of carbonyl (C=O) groups excluding carboxylic acids is 1. The van der Waals surface area contributed by atoms with Crippen LogP contribution in [0.25, 0.3) is 0 Å². The average molecular weight is 196 g/mol. The van der Waals surface area contributed by atoms with E-state index in [4.69, 9.17) is 17.3 Å². The zero-order valence-corrected chi connectivity index (χ0v) is 7.38. The Morgan fingerprint density at radius 3 is 3.08 bits per heavy atom. The second-order valence-corrected chi connectivity index (χ2v) is 2.46. The SMILES string of the molecule is Nc1ncc(C#CCC=O)nc1Cl. The molecule has 1 heterocycles. The summed E-state index contributed by atoms with van der Waals surface area (Å²) in [6.07, 6.45) is 2.28. The maximum absolute atomic E-state index is 9.93. The maximum Gasteiger partial charge on any atom is 0.172 e. The van der Waals surface area contributed by atoms with Gasteiger partial charge in [-0.1, -0.05) is 17.5 Å². The van der Waals surface area contributed by atoms with Crippen molar-refractivity contribution in [3.05, 3.63) is 17.0 Å². The number of nitrogen functional groups attached to an aromatic ring is 1. The fraction of sp³-hybridized carbons (Fsp3) is 0.125. The van der Waals surface area contributed by atoms with Crippen molar-refractivity contribution >= 4 is 23.7 Å². The molecule has 0 aliphatic heterocycles. The molecule has 1 aromatic rings. The minimum atomic E-state index is 0.123. The zero-order valence-electron chi connectivity index (χ0n) is 6.62. The number of carbonyl (C=O) groups is 1. The van der Waals surface area contributed by atoms with Crippen molar-refractivity contribution in [1.82, 2.24) is 9.97 Å². The summed E-state index contributed by atoms with van der Waals surface area (Å²) in [6, 6.07) is 0. The number of anilines is 1. The lowest BCUT2D eigenvalue weighted by Gasteiger charge is -1.94. The van der Waals surface area contributed by atoms with E-state index in [9.17, 15) is 4.79 Å². The fourth-order valence-corrected chi connectivity index (χ4v) is 0.759. The molecule has 0 aliphatic rings. The first-order chi connectivity index (χ1) is 6.24. The molecule has 1 aromatic heterocycles. The average Bonchev–Trinajstić information content (AvgIpc) is 2.12. The molecule has 4 nitrogen and oxygen atoms in total. The molecule has 1 rings (SSSR count). The zero-order chi connectivity index (χ0) is 9.68. The monoisotopic (exact) mass is 195 g/mol. The highest BCUT2D eigenvalue weighted by Gasteiger charge is 1.98. The second-order valence-electron chi connectivity index (χ2n) is 2.10. The van der Waals surface area contributed by atoms with E-state index in [1.165, 1.54) is 6.20 Å². The second kappa shape index (κ2) is 4.43. The predicted octanol–water partition coefficient (Wildman–Crippen LogP) is 0.653. The maximum atomic E-state index is 9.93. The summed E-state index contributed by atoms with van der Waals surface area (Å²) < 4.78 is 0. The summed E-state index contributed by atoms with van der Waals surface area (Å²) in [5, 5.41) is 0.123. The first kappa shape index (κ1) is 9.49. The minimum absolute atomic E-state index is 0.123. The van der Waals surface area contributed by atoms with Crippen molar-refractivity contribution in [3.8, 4) is 11.8 Å². The molecule has 0 unspecified atom stereocenters. The number of halogens is 1. The van der Waals surface area contributed by atoms with E-state index in [0.717, 1.165) is 0 Å². The van der Waals surface area contributed by atoms with Crippen LogP contribution in [-0.4, -0.2) is 16.3 Å². The third-order valence-electron chi connectivity index (χ3n) is 1.16. The third kappa shape index (κ3) is 2.73. The Labute approximate surface area is 80.1 Å². The van der Waals surface area contributed by atoms with Crippen LogP contribution < -0.4 is 5.73 Å². The molecular weight excluding hydrogens is 190 g/mol. The van der Waals surface area contributed by atoms with Crippen LogP contribution in [0.3, 0.4) is 0 Å².